The van der Waals surface area contributed by atoms with Crippen molar-refractivity contribution in [2.45, 2.75) is 20.3 Å². The van der Waals surface area contributed by atoms with Crippen LogP contribution in [0.2, 0.25) is 0 Å². The quantitative estimate of drug-likeness (QED) is 0.862. The molecule has 0 radical (unpaired) electrons. The average Bonchev–Trinajstić information content (AvgIpc) is 2.63. The molecule has 0 spiro atoms. The van der Waals surface area contributed by atoms with Crippen molar-refractivity contribution >= 4 is 5.91 Å². The lowest BCUT2D eigenvalue weighted by Gasteiger charge is -2.35. The second-order valence-electron chi connectivity index (χ2n) is 6.62. The van der Waals surface area contributed by atoms with E-state index >= 15 is 0 Å². The molecule has 0 aromatic heterocycles. The van der Waals surface area contributed by atoms with E-state index < -0.39 is 0 Å². The number of hydrogen-bond donors (Lipinski definition) is 0. The Kier molecular flexibility index (Phi) is 5.31. The molecule has 3 heteroatoms. The highest BCUT2D eigenvalue weighted by atomic mass is 16.2. The Morgan fingerprint density at radius 3 is 2.33 bits per heavy atom. The van der Waals surface area contributed by atoms with Gasteiger partial charge in [-0.2, -0.15) is 0 Å². The van der Waals surface area contributed by atoms with E-state index in [1.165, 1.54) is 11.1 Å². The van der Waals surface area contributed by atoms with Gasteiger partial charge < -0.3 is 4.90 Å². The Bertz CT molecular complexity index is 688. The van der Waals surface area contributed by atoms with Gasteiger partial charge >= 0.3 is 0 Å². The highest BCUT2D eigenvalue weighted by Crippen LogP contribution is 2.16. The molecule has 0 unspecified atom stereocenters. The van der Waals surface area contributed by atoms with E-state index in [-0.39, 0.29) is 5.91 Å². The second-order valence-corrected chi connectivity index (χ2v) is 6.62. The number of carbonyl (C=O) groups is 1. The summed E-state index contributed by atoms with van der Waals surface area (Å²) < 4.78 is 0. The van der Waals surface area contributed by atoms with Gasteiger partial charge in [0.2, 0.25) is 0 Å². The number of amides is 1. The summed E-state index contributed by atoms with van der Waals surface area (Å²) in [5, 5.41) is 0. The molecule has 1 aliphatic heterocycles. The van der Waals surface area contributed by atoms with Crippen LogP contribution in [-0.4, -0.2) is 48.4 Å². The predicted molar refractivity (Wildman–Crippen MR) is 98.4 cm³/mol. The van der Waals surface area contributed by atoms with Crippen molar-refractivity contribution in [2.75, 3.05) is 32.7 Å². The summed E-state index contributed by atoms with van der Waals surface area (Å²) in [4.78, 5) is 17.2. The van der Waals surface area contributed by atoms with Crippen molar-refractivity contribution in [3.63, 3.8) is 0 Å². The van der Waals surface area contributed by atoms with Gasteiger partial charge in [-0.05, 0) is 43.0 Å². The Hall–Kier alpha value is -2.13. The molecular weight excluding hydrogens is 296 g/mol. The number of hydrogen-bond acceptors (Lipinski definition) is 2. The molecule has 1 fully saturated rings. The smallest absolute Gasteiger partial charge is 0.254 e. The standard InChI is InChI=1S/C21H26N2O/c1-17-7-6-10-20(18(17)2)21(24)23-15-13-22(14-16-23)12-11-19-8-4-3-5-9-19/h3-10H,11-16H2,1-2H3. The van der Waals surface area contributed by atoms with Crippen molar-refractivity contribution in [1.82, 2.24) is 9.80 Å². The Labute approximate surface area is 144 Å². The average molecular weight is 322 g/mol. The molecule has 1 saturated heterocycles. The fraction of sp³-hybridized carbons (Fsp3) is 0.381. The molecule has 2 aromatic carbocycles. The van der Waals surface area contributed by atoms with Gasteiger partial charge in [0.1, 0.15) is 0 Å². The molecule has 1 amide bonds. The SMILES string of the molecule is Cc1cccc(C(=O)N2CCN(CCc3ccccc3)CC2)c1C. The van der Waals surface area contributed by atoms with Crippen LogP contribution in [0.1, 0.15) is 27.0 Å². The lowest BCUT2D eigenvalue weighted by Crippen LogP contribution is -2.49. The Balaban J connectivity index is 1.53. The van der Waals surface area contributed by atoms with Gasteiger partial charge in [-0.25, -0.2) is 0 Å². The third-order valence-corrected chi connectivity index (χ3v) is 5.05. The summed E-state index contributed by atoms with van der Waals surface area (Å²) in [6.45, 7) is 8.73. The van der Waals surface area contributed by atoms with Crippen LogP contribution in [0.5, 0.6) is 0 Å². The molecule has 1 heterocycles. The number of aryl methyl sites for hydroxylation is 1. The van der Waals surface area contributed by atoms with Crippen molar-refractivity contribution in [3.05, 3.63) is 70.8 Å². The van der Waals surface area contributed by atoms with Crippen molar-refractivity contribution in [2.24, 2.45) is 0 Å². The van der Waals surface area contributed by atoms with E-state index in [0.717, 1.165) is 50.3 Å². The summed E-state index contributed by atoms with van der Waals surface area (Å²) in [5.74, 6) is 0.180. The van der Waals surface area contributed by atoms with E-state index in [9.17, 15) is 4.79 Å². The normalized spacial score (nSPS) is 15.5. The molecule has 0 atom stereocenters. The largest absolute Gasteiger partial charge is 0.336 e. The minimum absolute atomic E-state index is 0.180. The third kappa shape index (κ3) is 3.85. The number of rotatable bonds is 4. The zero-order valence-corrected chi connectivity index (χ0v) is 14.7. The zero-order chi connectivity index (χ0) is 16.9. The van der Waals surface area contributed by atoms with Gasteiger partial charge in [0.25, 0.3) is 5.91 Å². The van der Waals surface area contributed by atoms with Crippen LogP contribution in [0.25, 0.3) is 0 Å². The van der Waals surface area contributed by atoms with E-state index in [1.807, 2.05) is 24.0 Å². The fourth-order valence-electron chi connectivity index (χ4n) is 3.26. The van der Waals surface area contributed by atoms with Crippen LogP contribution in [0.15, 0.2) is 48.5 Å². The zero-order valence-electron chi connectivity index (χ0n) is 14.7. The van der Waals surface area contributed by atoms with E-state index in [4.69, 9.17) is 0 Å². The maximum absolute atomic E-state index is 12.8. The lowest BCUT2D eigenvalue weighted by molar-refractivity contribution is 0.0637. The van der Waals surface area contributed by atoms with Crippen LogP contribution in [0, 0.1) is 13.8 Å². The monoisotopic (exact) mass is 322 g/mol. The maximum atomic E-state index is 12.8. The van der Waals surface area contributed by atoms with Crippen LogP contribution in [0.4, 0.5) is 0 Å². The lowest BCUT2D eigenvalue weighted by atomic mass is 10.0. The highest BCUT2D eigenvalue weighted by Gasteiger charge is 2.23. The Morgan fingerprint density at radius 2 is 1.62 bits per heavy atom. The van der Waals surface area contributed by atoms with E-state index in [0.29, 0.717) is 0 Å². The molecule has 3 rings (SSSR count). The molecule has 0 N–H and O–H groups in total. The van der Waals surface area contributed by atoms with Crippen LogP contribution in [-0.2, 0) is 6.42 Å². The van der Waals surface area contributed by atoms with Crippen molar-refractivity contribution in [3.8, 4) is 0 Å². The fourth-order valence-corrected chi connectivity index (χ4v) is 3.26. The van der Waals surface area contributed by atoms with Gasteiger partial charge in [-0.15, -0.1) is 0 Å². The van der Waals surface area contributed by atoms with Crippen molar-refractivity contribution in [1.29, 1.82) is 0 Å². The van der Waals surface area contributed by atoms with Crippen LogP contribution < -0.4 is 0 Å². The third-order valence-electron chi connectivity index (χ3n) is 5.05. The van der Waals surface area contributed by atoms with Gasteiger partial charge in [0.15, 0.2) is 0 Å². The first kappa shape index (κ1) is 16.7. The Morgan fingerprint density at radius 1 is 0.917 bits per heavy atom. The molecular formula is C21H26N2O. The summed E-state index contributed by atoms with van der Waals surface area (Å²) in [6, 6.07) is 16.6. The molecule has 126 valence electrons. The topological polar surface area (TPSA) is 23.6 Å². The van der Waals surface area contributed by atoms with Gasteiger partial charge in [0.05, 0.1) is 0 Å². The number of carbonyl (C=O) groups excluding carboxylic acids is 1. The van der Waals surface area contributed by atoms with Gasteiger partial charge in [0, 0.05) is 38.3 Å². The van der Waals surface area contributed by atoms with Crippen molar-refractivity contribution < 1.29 is 4.79 Å². The first-order chi connectivity index (χ1) is 11.6. The van der Waals surface area contributed by atoms with Gasteiger partial charge in [-0.3, -0.25) is 9.69 Å². The van der Waals surface area contributed by atoms with Gasteiger partial charge in [-0.1, -0.05) is 42.5 Å². The summed E-state index contributed by atoms with van der Waals surface area (Å²) in [7, 11) is 0. The molecule has 0 bridgehead atoms. The summed E-state index contributed by atoms with van der Waals surface area (Å²) in [6.07, 6.45) is 1.08. The predicted octanol–water partition coefficient (Wildman–Crippen LogP) is 3.30. The number of benzene rings is 2. The minimum Gasteiger partial charge on any atom is -0.336 e. The first-order valence-corrected chi connectivity index (χ1v) is 8.77. The highest BCUT2D eigenvalue weighted by molar-refractivity contribution is 5.96. The second kappa shape index (κ2) is 7.63. The first-order valence-electron chi connectivity index (χ1n) is 8.77. The summed E-state index contributed by atoms with van der Waals surface area (Å²) >= 11 is 0. The molecule has 0 saturated carbocycles. The minimum atomic E-state index is 0.180. The van der Waals surface area contributed by atoms with Crippen LogP contribution >= 0.6 is 0 Å². The molecule has 2 aromatic rings. The molecule has 1 aliphatic rings. The number of nitrogens with zero attached hydrogens (tertiary/aromatic N) is 2. The van der Waals surface area contributed by atoms with E-state index in [2.05, 4.69) is 48.2 Å². The number of piperazine rings is 1. The van der Waals surface area contributed by atoms with E-state index in [1.54, 1.807) is 0 Å². The summed E-state index contributed by atoms with van der Waals surface area (Å²) in [5.41, 5.74) is 4.52. The molecule has 3 nitrogen and oxygen atoms in total. The molecule has 24 heavy (non-hydrogen) atoms. The molecule has 0 aliphatic carbocycles. The maximum Gasteiger partial charge on any atom is 0.254 e. The van der Waals surface area contributed by atoms with Crippen LogP contribution in [0.3, 0.4) is 0 Å².